The van der Waals surface area contributed by atoms with Gasteiger partial charge in [0.15, 0.2) is 0 Å². The van der Waals surface area contributed by atoms with Crippen LogP contribution in [0.3, 0.4) is 0 Å². The van der Waals surface area contributed by atoms with Gasteiger partial charge in [-0.2, -0.15) is 0 Å². The first-order valence-corrected chi connectivity index (χ1v) is 4.11. The molecule has 1 heterocycles. The molecule has 0 aliphatic carbocycles. The van der Waals surface area contributed by atoms with E-state index in [0.29, 0.717) is 12.1 Å². The molecular formula is C9H17N. The highest BCUT2D eigenvalue weighted by molar-refractivity contribution is 4.92. The molecule has 0 amide bonds. The van der Waals surface area contributed by atoms with Gasteiger partial charge in [-0.25, -0.2) is 0 Å². The molecule has 1 aliphatic heterocycles. The van der Waals surface area contributed by atoms with Crippen LogP contribution in [-0.2, 0) is 0 Å². The maximum atomic E-state index is 3.79. The van der Waals surface area contributed by atoms with Gasteiger partial charge < -0.3 is 5.32 Å². The van der Waals surface area contributed by atoms with E-state index in [-0.39, 0.29) is 0 Å². The molecule has 1 rings (SSSR count). The largest absolute Gasteiger partial charge is 0.308 e. The Bertz CT molecular complexity index is 110. The predicted molar refractivity (Wildman–Crippen MR) is 45.0 cm³/mol. The molecule has 1 saturated heterocycles. The van der Waals surface area contributed by atoms with Crippen LogP contribution in [0.25, 0.3) is 0 Å². The van der Waals surface area contributed by atoms with Gasteiger partial charge in [0.2, 0.25) is 0 Å². The van der Waals surface area contributed by atoms with Crippen molar-refractivity contribution in [2.45, 2.75) is 38.8 Å². The van der Waals surface area contributed by atoms with Crippen molar-refractivity contribution in [1.82, 2.24) is 5.32 Å². The Kier molecular flexibility index (Phi) is 2.50. The zero-order valence-corrected chi connectivity index (χ0v) is 6.93. The Morgan fingerprint density at radius 2 is 2.10 bits per heavy atom. The predicted octanol–water partition coefficient (Wildman–Crippen LogP) is 1.95. The fourth-order valence-corrected chi connectivity index (χ4v) is 1.80. The molecule has 1 heteroatoms. The molecule has 58 valence electrons. The topological polar surface area (TPSA) is 12.0 Å². The number of hydrogen-bond acceptors (Lipinski definition) is 1. The van der Waals surface area contributed by atoms with E-state index in [9.17, 15) is 0 Å². The van der Waals surface area contributed by atoms with Gasteiger partial charge in [0.25, 0.3) is 0 Å². The van der Waals surface area contributed by atoms with E-state index in [4.69, 9.17) is 0 Å². The van der Waals surface area contributed by atoms with E-state index in [2.05, 4.69) is 25.7 Å². The van der Waals surface area contributed by atoms with Gasteiger partial charge >= 0.3 is 0 Å². The van der Waals surface area contributed by atoms with Crippen LogP contribution in [0.4, 0.5) is 0 Å². The molecule has 3 atom stereocenters. The van der Waals surface area contributed by atoms with Crippen LogP contribution in [-0.4, -0.2) is 12.1 Å². The van der Waals surface area contributed by atoms with Crippen molar-refractivity contribution in [3.05, 3.63) is 12.7 Å². The lowest BCUT2D eigenvalue weighted by atomic mass is 9.90. The molecule has 1 aliphatic rings. The van der Waals surface area contributed by atoms with Crippen molar-refractivity contribution in [1.29, 1.82) is 0 Å². The summed E-state index contributed by atoms with van der Waals surface area (Å²) in [6.07, 6.45) is 4.59. The summed E-state index contributed by atoms with van der Waals surface area (Å²) in [6.45, 7) is 8.35. The first kappa shape index (κ1) is 7.80. The van der Waals surface area contributed by atoms with Gasteiger partial charge in [0.05, 0.1) is 0 Å². The van der Waals surface area contributed by atoms with Crippen molar-refractivity contribution in [3.8, 4) is 0 Å². The van der Waals surface area contributed by atoms with Crippen LogP contribution in [0.15, 0.2) is 12.7 Å². The van der Waals surface area contributed by atoms with Gasteiger partial charge in [-0.05, 0) is 25.7 Å². The average Bonchev–Trinajstić information content (AvgIpc) is 1.85. The number of piperidine rings is 1. The third-order valence-electron chi connectivity index (χ3n) is 2.20. The molecule has 10 heavy (non-hydrogen) atoms. The summed E-state index contributed by atoms with van der Waals surface area (Å²) >= 11 is 0. The van der Waals surface area contributed by atoms with Crippen LogP contribution in [0, 0.1) is 5.92 Å². The lowest BCUT2D eigenvalue weighted by molar-refractivity contribution is 0.296. The Morgan fingerprint density at radius 3 is 2.60 bits per heavy atom. The molecule has 0 saturated carbocycles. The van der Waals surface area contributed by atoms with Gasteiger partial charge in [0, 0.05) is 12.1 Å². The van der Waals surface area contributed by atoms with E-state index in [1.54, 1.807) is 0 Å². The van der Waals surface area contributed by atoms with Gasteiger partial charge in [-0.1, -0.05) is 13.0 Å². The molecule has 0 radical (unpaired) electrons. The quantitative estimate of drug-likeness (QED) is 0.547. The number of rotatable bonds is 1. The minimum Gasteiger partial charge on any atom is -0.308 e. The van der Waals surface area contributed by atoms with Crippen LogP contribution < -0.4 is 5.32 Å². The van der Waals surface area contributed by atoms with Gasteiger partial charge in [-0.3, -0.25) is 0 Å². The van der Waals surface area contributed by atoms with E-state index in [0.717, 1.165) is 5.92 Å². The highest BCUT2D eigenvalue weighted by atomic mass is 15.0. The summed E-state index contributed by atoms with van der Waals surface area (Å²) in [5, 5.41) is 3.48. The first-order chi connectivity index (χ1) is 4.72. The molecule has 1 N–H and O–H groups in total. The summed E-state index contributed by atoms with van der Waals surface area (Å²) in [5.41, 5.74) is 0. The monoisotopic (exact) mass is 139 g/mol. The Balaban J connectivity index is 2.42. The van der Waals surface area contributed by atoms with E-state index < -0.39 is 0 Å². The second-order valence-electron chi connectivity index (χ2n) is 3.49. The minimum absolute atomic E-state index is 0.554. The lowest BCUT2D eigenvalue weighted by Crippen LogP contribution is -2.42. The van der Waals surface area contributed by atoms with Gasteiger partial charge in [-0.15, -0.1) is 6.58 Å². The first-order valence-electron chi connectivity index (χ1n) is 4.11. The van der Waals surface area contributed by atoms with E-state index in [1.165, 1.54) is 12.8 Å². The van der Waals surface area contributed by atoms with Crippen molar-refractivity contribution in [2.24, 2.45) is 5.92 Å². The number of hydrogen-bond donors (Lipinski definition) is 1. The maximum absolute atomic E-state index is 3.79. The molecule has 1 nitrogen and oxygen atoms in total. The highest BCUT2D eigenvalue weighted by Crippen LogP contribution is 2.19. The summed E-state index contributed by atoms with van der Waals surface area (Å²) in [5.74, 6) is 0.860. The summed E-state index contributed by atoms with van der Waals surface area (Å²) in [4.78, 5) is 0. The Labute approximate surface area is 63.5 Å². The zero-order chi connectivity index (χ0) is 7.56. The lowest BCUT2D eigenvalue weighted by Gasteiger charge is -2.31. The van der Waals surface area contributed by atoms with E-state index in [1.807, 2.05) is 6.08 Å². The SMILES string of the molecule is C=CC1CC(C)CC(C)N1. The zero-order valence-electron chi connectivity index (χ0n) is 6.93. The second-order valence-corrected chi connectivity index (χ2v) is 3.49. The molecule has 0 aromatic carbocycles. The maximum Gasteiger partial charge on any atom is 0.0252 e. The standard InChI is InChI=1S/C9H17N/c1-4-9-6-7(2)5-8(3)10-9/h4,7-10H,1,5-6H2,2-3H3. The smallest absolute Gasteiger partial charge is 0.0252 e. The Morgan fingerprint density at radius 1 is 1.40 bits per heavy atom. The average molecular weight is 139 g/mol. The van der Waals surface area contributed by atoms with Crippen molar-refractivity contribution in [3.63, 3.8) is 0 Å². The Hall–Kier alpha value is -0.300. The molecule has 0 spiro atoms. The summed E-state index contributed by atoms with van der Waals surface area (Å²) in [7, 11) is 0. The number of nitrogens with one attached hydrogen (secondary N) is 1. The molecule has 0 bridgehead atoms. The summed E-state index contributed by atoms with van der Waals surface area (Å²) in [6, 6.07) is 1.23. The van der Waals surface area contributed by atoms with Crippen molar-refractivity contribution in [2.75, 3.05) is 0 Å². The highest BCUT2D eigenvalue weighted by Gasteiger charge is 2.20. The minimum atomic E-state index is 0.554. The van der Waals surface area contributed by atoms with E-state index >= 15 is 0 Å². The second kappa shape index (κ2) is 3.20. The van der Waals surface area contributed by atoms with Crippen molar-refractivity contribution < 1.29 is 0 Å². The van der Waals surface area contributed by atoms with Crippen LogP contribution >= 0.6 is 0 Å². The van der Waals surface area contributed by atoms with Crippen LogP contribution in [0.5, 0.6) is 0 Å². The van der Waals surface area contributed by atoms with Crippen LogP contribution in [0.2, 0.25) is 0 Å². The fraction of sp³-hybridized carbons (Fsp3) is 0.778. The molecule has 0 aromatic rings. The molecule has 3 unspecified atom stereocenters. The third kappa shape index (κ3) is 1.84. The molecule has 0 aromatic heterocycles. The van der Waals surface area contributed by atoms with Crippen LogP contribution in [0.1, 0.15) is 26.7 Å². The molecular weight excluding hydrogens is 122 g/mol. The van der Waals surface area contributed by atoms with Crippen molar-refractivity contribution >= 4 is 0 Å². The third-order valence-corrected chi connectivity index (χ3v) is 2.20. The van der Waals surface area contributed by atoms with Gasteiger partial charge in [0.1, 0.15) is 0 Å². The fourth-order valence-electron chi connectivity index (χ4n) is 1.80. The molecule has 1 fully saturated rings. The summed E-state index contributed by atoms with van der Waals surface area (Å²) < 4.78 is 0. The normalized spacial score (nSPS) is 41.2.